The Morgan fingerprint density at radius 3 is 1.76 bits per heavy atom. The molecule has 0 heterocycles. The Morgan fingerprint density at radius 2 is 1.29 bits per heavy atom. The molecule has 3 rings (SSSR count). The Hall–Kier alpha value is -2.09. The average molecular weight is 222 g/mol. The molecule has 0 aliphatic heterocycles. The molecule has 1 N–H and O–H groups in total. The van der Waals surface area contributed by atoms with Gasteiger partial charge in [0.15, 0.2) is 0 Å². The summed E-state index contributed by atoms with van der Waals surface area (Å²) in [4.78, 5) is 0. The highest BCUT2D eigenvalue weighted by atomic mass is 15.3. The van der Waals surface area contributed by atoms with Crippen LogP contribution in [0.1, 0.15) is 18.1 Å². The van der Waals surface area contributed by atoms with Crippen LogP contribution < -0.4 is 5.43 Å². The van der Waals surface area contributed by atoms with Gasteiger partial charge in [0.25, 0.3) is 0 Å². The topological polar surface area (TPSA) is 24.4 Å². The maximum absolute atomic E-state index is 4.49. The van der Waals surface area contributed by atoms with Crippen LogP contribution in [0.25, 0.3) is 11.1 Å². The first kappa shape index (κ1) is 10.1. The number of rotatable bonds is 2. The molecule has 0 bridgehead atoms. The van der Waals surface area contributed by atoms with E-state index in [2.05, 4.69) is 66.0 Å². The average Bonchev–Trinajstić information content (AvgIpc) is 2.71. The summed E-state index contributed by atoms with van der Waals surface area (Å²) in [6.45, 7) is 2.89. The van der Waals surface area contributed by atoms with Crippen LogP contribution in [-0.2, 0) is 0 Å². The maximum Gasteiger partial charge on any atom is 0.0986 e. The van der Waals surface area contributed by atoms with Gasteiger partial charge in [0.1, 0.15) is 0 Å². The zero-order chi connectivity index (χ0) is 11.7. The third kappa shape index (κ3) is 1.53. The van der Waals surface area contributed by atoms with Crippen LogP contribution in [0, 0.1) is 0 Å². The normalized spacial score (nSPS) is 11.9. The number of fused-ring (bicyclic) bond motifs is 3. The summed E-state index contributed by atoms with van der Waals surface area (Å²) < 4.78 is 0. The predicted octanol–water partition coefficient (Wildman–Crippen LogP) is 3.03. The lowest BCUT2D eigenvalue weighted by Gasteiger charge is -2.01. The van der Waals surface area contributed by atoms with Crippen molar-refractivity contribution in [2.75, 3.05) is 6.54 Å². The molecule has 0 saturated carbocycles. The molecule has 2 heteroatoms. The molecule has 0 radical (unpaired) electrons. The van der Waals surface area contributed by atoms with Crippen molar-refractivity contribution in [1.29, 1.82) is 0 Å². The monoisotopic (exact) mass is 222 g/mol. The summed E-state index contributed by atoms with van der Waals surface area (Å²) in [5, 5.41) is 4.49. The van der Waals surface area contributed by atoms with Crippen molar-refractivity contribution in [3.05, 3.63) is 59.7 Å². The molecule has 17 heavy (non-hydrogen) atoms. The largest absolute Gasteiger partial charge is 0.310 e. The second-order valence-electron chi connectivity index (χ2n) is 4.06. The van der Waals surface area contributed by atoms with E-state index in [1.807, 2.05) is 0 Å². The molecular weight excluding hydrogens is 208 g/mol. The summed E-state index contributed by atoms with van der Waals surface area (Å²) >= 11 is 0. The van der Waals surface area contributed by atoms with Crippen LogP contribution in [0.4, 0.5) is 0 Å². The molecule has 1 aliphatic rings. The molecule has 0 aromatic heterocycles. The van der Waals surface area contributed by atoms with Crippen molar-refractivity contribution < 1.29 is 0 Å². The first-order valence-electron chi connectivity index (χ1n) is 5.91. The molecule has 1 aliphatic carbocycles. The minimum atomic E-state index is 0.841. The molecule has 2 nitrogen and oxygen atoms in total. The fourth-order valence-electron chi connectivity index (χ4n) is 2.27. The number of hydrazone groups is 1. The van der Waals surface area contributed by atoms with Crippen molar-refractivity contribution in [3.63, 3.8) is 0 Å². The summed E-state index contributed by atoms with van der Waals surface area (Å²) in [5.74, 6) is 0. The van der Waals surface area contributed by atoms with Gasteiger partial charge in [-0.3, -0.25) is 0 Å². The third-order valence-electron chi connectivity index (χ3n) is 3.00. The van der Waals surface area contributed by atoms with Gasteiger partial charge in [-0.05, 0) is 18.1 Å². The van der Waals surface area contributed by atoms with Gasteiger partial charge >= 0.3 is 0 Å². The molecule has 84 valence electrons. The lowest BCUT2D eigenvalue weighted by atomic mass is 10.1. The number of hydrogen-bond donors (Lipinski definition) is 1. The van der Waals surface area contributed by atoms with E-state index in [1.54, 1.807) is 0 Å². The number of benzene rings is 2. The summed E-state index contributed by atoms with van der Waals surface area (Å²) in [6.07, 6.45) is 0. The van der Waals surface area contributed by atoms with Crippen molar-refractivity contribution in [2.24, 2.45) is 5.10 Å². The number of nitrogens with zero attached hydrogens (tertiary/aromatic N) is 1. The van der Waals surface area contributed by atoms with E-state index in [9.17, 15) is 0 Å². The van der Waals surface area contributed by atoms with E-state index in [0.29, 0.717) is 0 Å². The first-order chi connectivity index (χ1) is 8.42. The molecule has 0 saturated heterocycles. The second-order valence-corrected chi connectivity index (χ2v) is 4.06. The van der Waals surface area contributed by atoms with Gasteiger partial charge in [-0.15, -0.1) is 0 Å². The smallest absolute Gasteiger partial charge is 0.0986 e. The van der Waals surface area contributed by atoms with E-state index in [-0.39, 0.29) is 0 Å². The van der Waals surface area contributed by atoms with Gasteiger partial charge in [-0.2, -0.15) is 5.10 Å². The van der Waals surface area contributed by atoms with E-state index in [4.69, 9.17) is 0 Å². The highest BCUT2D eigenvalue weighted by Crippen LogP contribution is 2.36. The molecule has 2 aromatic carbocycles. The molecular formula is C15H14N2. The Balaban J connectivity index is 2.24. The van der Waals surface area contributed by atoms with Crippen molar-refractivity contribution in [3.8, 4) is 11.1 Å². The van der Waals surface area contributed by atoms with Crippen LogP contribution in [0.3, 0.4) is 0 Å². The fraction of sp³-hybridized carbons (Fsp3) is 0.133. The van der Waals surface area contributed by atoms with Crippen molar-refractivity contribution >= 4 is 5.71 Å². The van der Waals surface area contributed by atoms with E-state index in [1.165, 1.54) is 22.3 Å². The molecule has 0 unspecified atom stereocenters. The summed E-state index contributed by atoms with van der Waals surface area (Å²) in [5.41, 5.74) is 9.10. The van der Waals surface area contributed by atoms with Gasteiger partial charge in [0, 0.05) is 17.7 Å². The van der Waals surface area contributed by atoms with E-state index in [0.717, 1.165) is 12.3 Å². The van der Waals surface area contributed by atoms with Gasteiger partial charge in [0.05, 0.1) is 5.71 Å². The second kappa shape index (κ2) is 4.06. The highest BCUT2D eigenvalue weighted by Gasteiger charge is 2.23. The van der Waals surface area contributed by atoms with Crippen LogP contribution in [0.5, 0.6) is 0 Å². The van der Waals surface area contributed by atoms with Crippen LogP contribution in [0.15, 0.2) is 53.6 Å². The van der Waals surface area contributed by atoms with Crippen LogP contribution >= 0.6 is 0 Å². The first-order valence-corrected chi connectivity index (χ1v) is 5.91. The van der Waals surface area contributed by atoms with Crippen molar-refractivity contribution in [2.45, 2.75) is 6.92 Å². The molecule has 0 amide bonds. The SMILES string of the molecule is CCNN=C1c2ccccc2-c2ccccc21. The maximum atomic E-state index is 4.49. The van der Waals surface area contributed by atoms with E-state index < -0.39 is 0 Å². The molecule has 0 fully saturated rings. The molecule has 2 aromatic rings. The number of hydrogen-bond acceptors (Lipinski definition) is 2. The quantitative estimate of drug-likeness (QED) is 0.662. The van der Waals surface area contributed by atoms with Crippen LogP contribution in [-0.4, -0.2) is 12.3 Å². The Morgan fingerprint density at radius 1 is 0.824 bits per heavy atom. The van der Waals surface area contributed by atoms with Gasteiger partial charge in [-0.25, -0.2) is 0 Å². The fourth-order valence-corrected chi connectivity index (χ4v) is 2.27. The van der Waals surface area contributed by atoms with Crippen molar-refractivity contribution in [1.82, 2.24) is 5.43 Å². The van der Waals surface area contributed by atoms with Gasteiger partial charge in [-0.1, -0.05) is 48.5 Å². The highest BCUT2D eigenvalue weighted by molar-refractivity contribution is 6.24. The van der Waals surface area contributed by atoms with E-state index >= 15 is 0 Å². The summed E-state index contributed by atoms with van der Waals surface area (Å²) in [6, 6.07) is 16.8. The predicted molar refractivity (Wildman–Crippen MR) is 71.2 cm³/mol. The molecule has 0 spiro atoms. The third-order valence-corrected chi connectivity index (χ3v) is 3.00. The van der Waals surface area contributed by atoms with Gasteiger partial charge in [0.2, 0.25) is 0 Å². The molecule has 0 atom stereocenters. The lowest BCUT2D eigenvalue weighted by molar-refractivity contribution is 0.784. The zero-order valence-corrected chi connectivity index (χ0v) is 9.77. The van der Waals surface area contributed by atoms with Crippen LogP contribution in [0.2, 0.25) is 0 Å². The zero-order valence-electron chi connectivity index (χ0n) is 9.77. The van der Waals surface area contributed by atoms with Gasteiger partial charge < -0.3 is 5.43 Å². The number of nitrogens with one attached hydrogen (secondary N) is 1. The standard InChI is InChI=1S/C15H14N2/c1-2-16-17-15-13-9-5-3-7-11(13)12-8-4-6-10-14(12)15/h3-10,16H,2H2,1H3. The minimum Gasteiger partial charge on any atom is -0.310 e. The minimum absolute atomic E-state index is 0.841. The lowest BCUT2D eigenvalue weighted by Crippen LogP contribution is -2.09. The Bertz CT molecular complexity index is 537. The Labute approximate surface area is 101 Å². The Kier molecular flexibility index (Phi) is 2.41. The summed E-state index contributed by atoms with van der Waals surface area (Å²) in [7, 11) is 0.